The van der Waals surface area contributed by atoms with Crippen LogP contribution in [0, 0.1) is 17.2 Å². The third-order valence-electron chi connectivity index (χ3n) is 5.67. The molecule has 0 atom stereocenters. The highest BCUT2D eigenvalue weighted by Crippen LogP contribution is 2.30. The third-order valence-corrected chi connectivity index (χ3v) is 5.91. The molecule has 0 aromatic heterocycles. The summed E-state index contributed by atoms with van der Waals surface area (Å²) in [7, 11) is 0. The average molecular weight is 375 g/mol. The monoisotopic (exact) mass is 374 g/mol. The summed E-state index contributed by atoms with van der Waals surface area (Å²) in [4.78, 5) is 19.2. The molecule has 2 heterocycles. The van der Waals surface area contributed by atoms with Gasteiger partial charge in [0.25, 0.3) is 0 Å². The van der Waals surface area contributed by atoms with E-state index in [0.717, 1.165) is 64.3 Å². The van der Waals surface area contributed by atoms with E-state index in [1.165, 1.54) is 0 Å². The van der Waals surface area contributed by atoms with Crippen molar-refractivity contribution >= 4 is 23.2 Å². The van der Waals surface area contributed by atoms with Crippen LogP contribution in [0.25, 0.3) is 0 Å². The number of likely N-dealkylation sites (N-methyl/N-ethyl adjacent to an activating group) is 1. The topological polar surface area (TPSA) is 50.6 Å². The molecule has 2 aliphatic heterocycles. The summed E-state index contributed by atoms with van der Waals surface area (Å²) < 4.78 is 0. The molecule has 0 saturated carbocycles. The molecule has 0 radical (unpaired) electrons. The van der Waals surface area contributed by atoms with Crippen LogP contribution in [0.2, 0.25) is 5.02 Å². The van der Waals surface area contributed by atoms with E-state index in [1.807, 2.05) is 11.0 Å². The first kappa shape index (κ1) is 19.0. The molecule has 6 heteroatoms. The number of piperidine rings is 1. The second-order valence-electron chi connectivity index (χ2n) is 7.22. The Hall–Kier alpha value is -1.77. The Morgan fingerprint density at radius 2 is 1.88 bits per heavy atom. The highest BCUT2D eigenvalue weighted by atomic mass is 35.5. The molecule has 5 nitrogen and oxygen atoms in total. The molecule has 0 spiro atoms. The maximum atomic E-state index is 12.6. The van der Waals surface area contributed by atoms with Crippen molar-refractivity contribution in [1.29, 1.82) is 5.26 Å². The van der Waals surface area contributed by atoms with E-state index in [4.69, 9.17) is 11.6 Å². The van der Waals surface area contributed by atoms with E-state index in [9.17, 15) is 10.1 Å². The first-order valence-electron chi connectivity index (χ1n) is 9.55. The van der Waals surface area contributed by atoms with Gasteiger partial charge in [0, 0.05) is 50.7 Å². The van der Waals surface area contributed by atoms with Crippen molar-refractivity contribution in [3.8, 4) is 6.07 Å². The molecule has 26 heavy (non-hydrogen) atoms. The lowest BCUT2D eigenvalue weighted by Crippen LogP contribution is -2.49. The van der Waals surface area contributed by atoms with E-state index < -0.39 is 0 Å². The number of nitrogens with zero attached hydrogens (tertiary/aromatic N) is 4. The molecular weight excluding hydrogens is 348 g/mol. The standard InChI is InChI=1S/C20H27ClN4O/c1-2-23-9-11-25(12-10-23)20(26)13-16-5-7-24(8-6-16)19-14-18(21)4-3-17(19)15-22/h3-4,14,16H,2,5-13H2,1H3. The van der Waals surface area contributed by atoms with Crippen LogP contribution in [0.5, 0.6) is 0 Å². The highest BCUT2D eigenvalue weighted by Gasteiger charge is 2.26. The lowest BCUT2D eigenvalue weighted by molar-refractivity contribution is -0.134. The van der Waals surface area contributed by atoms with Crippen molar-refractivity contribution in [3.63, 3.8) is 0 Å². The Morgan fingerprint density at radius 1 is 1.19 bits per heavy atom. The van der Waals surface area contributed by atoms with Gasteiger partial charge in [-0.2, -0.15) is 5.26 Å². The number of rotatable bonds is 4. The van der Waals surface area contributed by atoms with Crippen LogP contribution in [0.4, 0.5) is 5.69 Å². The summed E-state index contributed by atoms with van der Waals surface area (Å²) in [6, 6.07) is 7.66. The molecule has 0 unspecified atom stereocenters. The van der Waals surface area contributed by atoms with Crippen LogP contribution >= 0.6 is 11.6 Å². The molecule has 0 N–H and O–H groups in total. The SMILES string of the molecule is CCN1CCN(C(=O)CC2CCN(c3cc(Cl)ccc3C#N)CC2)CC1. The predicted octanol–water partition coefficient (Wildman–Crippen LogP) is 2.98. The van der Waals surface area contributed by atoms with Gasteiger partial charge in [-0.15, -0.1) is 0 Å². The Kier molecular flexibility index (Phi) is 6.39. The smallest absolute Gasteiger partial charge is 0.222 e. The van der Waals surface area contributed by atoms with Crippen LogP contribution in [0.1, 0.15) is 31.7 Å². The van der Waals surface area contributed by atoms with Gasteiger partial charge in [-0.25, -0.2) is 0 Å². The van der Waals surface area contributed by atoms with Crippen molar-refractivity contribution in [2.45, 2.75) is 26.2 Å². The molecular formula is C20H27ClN4O. The summed E-state index contributed by atoms with van der Waals surface area (Å²) in [5, 5.41) is 9.97. The van der Waals surface area contributed by atoms with Crippen LogP contribution in [-0.4, -0.2) is 61.5 Å². The van der Waals surface area contributed by atoms with Crippen molar-refractivity contribution in [2.24, 2.45) is 5.92 Å². The van der Waals surface area contributed by atoms with Gasteiger partial charge in [0.15, 0.2) is 0 Å². The Bertz CT molecular complexity index is 671. The zero-order chi connectivity index (χ0) is 18.5. The predicted molar refractivity (Wildman–Crippen MR) is 104 cm³/mol. The van der Waals surface area contributed by atoms with E-state index in [0.29, 0.717) is 28.8 Å². The number of piperazine rings is 1. The first-order valence-corrected chi connectivity index (χ1v) is 9.93. The quantitative estimate of drug-likeness (QED) is 0.813. The summed E-state index contributed by atoms with van der Waals surface area (Å²) in [6.45, 7) is 8.68. The lowest BCUT2D eigenvalue weighted by atomic mass is 9.92. The Balaban J connectivity index is 1.51. The second kappa shape index (κ2) is 8.75. The Morgan fingerprint density at radius 3 is 2.50 bits per heavy atom. The molecule has 1 aromatic carbocycles. The Labute approximate surface area is 161 Å². The summed E-state index contributed by atoms with van der Waals surface area (Å²) >= 11 is 6.11. The van der Waals surface area contributed by atoms with Crippen LogP contribution in [0.15, 0.2) is 18.2 Å². The number of halogens is 1. The number of amides is 1. The van der Waals surface area contributed by atoms with Gasteiger partial charge in [-0.1, -0.05) is 18.5 Å². The van der Waals surface area contributed by atoms with Crippen LogP contribution in [-0.2, 0) is 4.79 Å². The number of anilines is 1. The molecule has 3 rings (SSSR count). The maximum Gasteiger partial charge on any atom is 0.222 e. The minimum atomic E-state index is 0.305. The minimum absolute atomic E-state index is 0.305. The average Bonchev–Trinajstić information content (AvgIpc) is 2.68. The largest absolute Gasteiger partial charge is 0.370 e. The van der Waals surface area contributed by atoms with Gasteiger partial charge in [0.05, 0.1) is 11.3 Å². The van der Waals surface area contributed by atoms with Gasteiger partial charge in [-0.05, 0) is 43.5 Å². The normalized spacial score (nSPS) is 19.4. The highest BCUT2D eigenvalue weighted by molar-refractivity contribution is 6.30. The molecule has 0 bridgehead atoms. The number of benzene rings is 1. The fraction of sp³-hybridized carbons (Fsp3) is 0.600. The number of carbonyl (C=O) groups excluding carboxylic acids is 1. The molecule has 2 aliphatic rings. The van der Waals surface area contributed by atoms with Gasteiger partial charge < -0.3 is 14.7 Å². The lowest BCUT2D eigenvalue weighted by Gasteiger charge is -2.37. The second-order valence-corrected chi connectivity index (χ2v) is 7.66. The molecule has 140 valence electrons. The molecule has 1 aromatic rings. The minimum Gasteiger partial charge on any atom is -0.370 e. The zero-order valence-electron chi connectivity index (χ0n) is 15.5. The van der Waals surface area contributed by atoms with Gasteiger partial charge in [-0.3, -0.25) is 4.79 Å². The molecule has 0 aliphatic carbocycles. The molecule has 2 fully saturated rings. The zero-order valence-corrected chi connectivity index (χ0v) is 16.2. The van der Waals surface area contributed by atoms with Gasteiger partial charge >= 0.3 is 0 Å². The van der Waals surface area contributed by atoms with Crippen molar-refractivity contribution in [1.82, 2.24) is 9.80 Å². The number of carbonyl (C=O) groups is 1. The summed E-state index contributed by atoms with van der Waals surface area (Å²) in [5.41, 5.74) is 1.58. The van der Waals surface area contributed by atoms with E-state index in [1.54, 1.807) is 12.1 Å². The van der Waals surface area contributed by atoms with Gasteiger partial charge in [0.2, 0.25) is 5.91 Å². The number of hydrogen-bond acceptors (Lipinski definition) is 4. The summed E-state index contributed by atoms with van der Waals surface area (Å²) in [5.74, 6) is 0.743. The van der Waals surface area contributed by atoms with Crippen molar-refractivity contribution in [3.05, 3.63) is 28.8 Å². The number of hydrogen-bond donors (Lipinski definition) is 0. The van der Waals surface area contributed by atoms with Gasteiger partial charge in [0.1, 0.15) is 6.07 Å². The molecule has 1 amide bonds. The fourth-order valence-corrected chi connectivity index (χ4v) is 4.09. The van der Waals surface area contributed by atoms with Crippen molar-refractivity contribution < 1.29 is 4.79 Å². The molecule has 2 saturated heterocycles. The maximum absolute atomic E-state index is 12.6. The number of nitriles is 1. The van der Waals surface area contributed by atoms with E-state index in [2.05, 4.69) is 22.8 Å². The van der Waals surface area contributed by atoms with Crippen LogP contribution in [0.3, 0.4) is 0 Å². The van der Waals surface area contributed by atoms with Crippen molar-refractivity contribution in [2.75, 3.05) is 50.7 Å². The summed E-state index contributed by atoms with van der Waals surface area (Å²) in [6.07, 6.45) is 2.62. The van der Waals surface area contributed by atoms with E-state index in [-0.39, 0.29) is 0 Å². The first-order chi connectivity index (χ1) is 12.6. The van der Waals surface area contributed by atoms with E-state index >= 15 is 0 Å². The third kappa shape index (κ3) is 4.49. The fourth-order valence-electron chi connectivity index (χ4n) is 3.93. The van der Waals surface area contributed by atoms with Crippen LogP contribution < -0.4 is 4.90 Å².